The minimum absolute atomic E-state index is 0.0793. The van der Waals surface area contributed by atoms with E-state index in [0.29, 0.717) is 6.54 Å². The van der Waals surface area contributed by atoms with Crippen LogP contribution < -0.4 is 0 Å². The Morgan fingerprint density at radius 3 is 2.33 bits per heavy atom. The van der Waals surface area contributed by atoms with Crippen molar-refractivity contribution in [1.29, 1.82) is 5.26 Å². The number of hydrogen-bond acceptors (Lipinski definition) is 3. The Labute approximate surface area is 90.6 Å². The summed E-state index contributed by atoms with van der Waals surface area (Å²) >= 11 is 0. The lowest BCUT2D eigenvalue weighted by molar-refractivity contribution is 0.281. The minimum Gasteiger partial charge on any atom is -0.392 e. The molecule has 0 aromatic heterocycles. The summed E-state index contributed by atoms with van der Waals surface area (Å²) in [4.78, 5) is 2.06. The smallest absolute Gasteiger partial charge is 0.0868 e. The van der Waals surface area contributed by atoms with Crippen molar-refractivity contribution in [2.24, 2.45) is 0 Å². The van der Waals surface area contributed by atoms with Gasteiger partial charge in [-0.1, -0.05) is 31.2 Å². The van der Waals surface area contributed by atoms with Crippen LogP contribution in [-0.2, 0) is 13.2 Å². The summed E-state index contributed by atoms with van der Waals surface area (Å²) in [6, 6.07) is 9.96. The fraction of sp³-hybridized carbons (Fsp3) is 0.417. The molecular formula is C12H16N2O. The number of hydrogen-bond donors (Lipinski definition) is 1. The Morgan fingerprint density at radius 2 is 1.87 bits per heavy atom. The molecule has 0 unspecified atom stereocenters. The van der Waals surface area contributed by atoms with Crippen LogP contribution in [0.25, 0.3) is 0 Å². The summed E-state index contributed by atoms with van der Waals surface area (Å²) in [5, 5.41) is 17.5. The van der Waals surface area contributed by atoms with Gasteiger partial charge in [-0.3, -0.25) is 4.90 Å². The van der Waals surface area contributed by atoms with Crippen molar-refractivity contribution < 1.29 is 5.11 Å². The molecule has 0 heterocycles. The topological polar surface area (TPSA) is 47.3 Å². The van der Waals surface area contributed by atoms with Crippen molar-refractivity contribution in [3.05, 3.63) is 35.4 Å². The van der Waals surface area contributed by atoms with Gasteiger partial charge in [0.1, 0.15) is 0 Å². The van der Waals surface area contributed by atoms with Crippen molar-refractivity contribution in [2.45, 2.75) is 20.1 Å². The summed E-state index contributed by atoms with van der Waals surface area (Å²) in [7, 11) is 0. The second-order valence-corrected chi connectivity index (χ2v) is 3.44. The van der Waals surface area contributed by atoms with Gasteiger partial charge in [-0.25, -0.2) is 0 Å². The second-order valence-electron chi connectivity index (χ2n) is 3.44. The summed E-state index contributed by atoms with van der Waals surface area (Å²) < 4.78 is 0. The van der Waals surface area contributed by atoms with E-state index >= 15 is 0 Å². The summed E-state index contributed by atoms with van der Waals surface area (Å²) in [6.07, 6.45) is 0. The van der Waals surface area contributed by atoms with Gasteiger partial charge in [0, 0.05) is 6.54 Å². The maximum atomic E-state index is 8.89. The van der Waals surface area contributed by atoms with Gasteiger partial charge in [0.15, 0.2) is 0 Å². The van der Waals surface area contributed by atoms with Crippen LogP contribution >= 0.6 is 0 Å². The molecule has 0 radical (unpaired) electrons. The molecule has 1 rings (SSSR count). The lowest BCUT2D eigenvalue weighted by Gasteiger charge is -2.16. The van der Waals surface area contributed by atoms with Gasteiger partial charge in [-0.05, 0) is 17.7 Å². The van der Waals surface area contributed by atoms with Crippen molar-refractivity contribution >= 4 is 0 Å². The first-order chi connectivity index (χ1) is 7.30. The molecule has 0 saturated heterocycles. The minimum atomic E-state index is 0.0793. The maximum Gasteiger partial charge on any atom is 0.0868 e. The highest BCUT2D eigenvalue weighted by Crippen LogP contribution is 2.07. The van der Waals surface area contributed by atoms with Gasteiger partial charge in [0.2, 0.25) is 0 Å². The molecule has 1 aromatic rings. The van der Waals surface area contributed by atoms with Gasteiger partial charge >= 0.3 is 0 Å². The molecule has 1 aromatic carbocycles. The Bertz CT molecular complexity index is 326. The molecule has 3 nitrogen and oxygen atoms in total. The number of benzene rings is 1. The second kappa shape index (κ2) is 6.18. The van der Waals surface area contributed by atoms with E-state index in [1.807, 2.05) is 31.2 Å². The Hall–Kier alpha value is -1.37. The molecular weight excluding hydrogens is 188 g/mol. The highest BCUT2D eigenvalue weighted by Gasteiger charge is 2.02. The predicted molar refractivity (Wildman–Crippen MR) is 58.9 cm³/mol. The molecule has 0 aliphatic heterocycles. The van der Waals surface area contributed by atoms with E-state index in [-0.39, 0.29) is 6.61 Å². The number of aliphatic hydroxyl groups excluding tert-OH is 1. The number of nitriles is 1. The van der Waals surface area contributed by atoms with Gasteiger partial charge in [-0.2, -0.15) is 5.26 Å². The fourth-order valence-corrected chi connectivity index (χ4v) is 1.39. The van der Waals surface area contributed by atoms with Crippen LogP contribution in [0.1, 0.15) is 18.1 Å². The maximum absolute atomic E-state index is 8.89. The Kier molecular flexibility index (Phi) is 4.82. The summed E-state index contributed by atoms with van der Waals surface area (Å²) in [6.45, 7) is 4.23. The average Bonchev–Trinajstić information content (AvgIpc) is 2.29. The van der Waals surface area contributed by atoms with Crippen molar-refractivity contribution in [3.8, 4) is 6.07 Å². The molecule has 0 bridgehead atoms. The lowest BCUT2D eigenvalue weighted by Crippen LogP contribution is -2.22. The van der Waals surface area contributed by atoms with E-state index < -0.39 is 0 Å². The van der Waals surface area contributed by atoms with Crippen LogP contribution in [0.4, 0.5) is 0 Å². The highest BCUT2D eigenvalue weighted by molar-refractivity contribution is 5.21. The van der Waals surface area contributed by atoms with E-state index in [0.717, 1.165) is 18.7 Å². The predicted octanol–water partition coefficient (Wildman–Crippen LogP) is 1.52. The Balaban J connectivity index is 2.59. The molecule has 0 atom stereocenters. The van der Waals surface area contributed by atoms with E-state index in [1.54, 1.807) is 0 Å². The molecule has 0 fully saturated rings. The summed E-state index contributed by atoms with van der Waals surface area (Å²) in [5.74, 6) is 0. The third-order valence-corrected chi connectivity index (χ3v) is 2.35. The number of aliphatic hydroxyl groups is 1. The number of rotatable bonds is 5. The van der Waals surface area contributed by atoms with Crippen molar-refractivity contribution in [2.75, 3.05) is 13.1 Å². The molecule has 0 aliphatic rings. The van der Waals surface area contributed by atoms with Crippen LogP contribution in [0.3, 0.4) is 0 Å². The SMILES string of the molecule is CCN(CC#N)Cc1ccc(CO)cc1. The van der Waals surface area contributed by atoms with Gasteiger partial charge in [0.05, 0.1) is 19.2 Å². The third kappa shape index (κ3) is 3.70. The van der Waals surface area contributed by atoms with Crippen LogP contribution in [-0.4, -0.2) is 23.1 Å². The fourth-order valence-electron chi connectivity index (χ4n) is 1.39. The molecule has 80 valence electrons. The first-order valence-corrected chi connectivity index (χ1v) is 5.08. The molecule has 3 heteroatoms. The highest BCUT2D eigenvalue weighted by atomic mass is 16.3. The standard InChI is InChI=1S/C12H16N2O/c1-2-14(8-7-13)9-11-3-5-12(10-15)6-4-11/h3-6,15H,2,8-10H2,1H3. The molecule has 0 amide bonds. The molecule has 0 saturated carbocycles. The van der Waals surface area contributed by atoms with E-state index in [9.17, 15) is 0 Å². The van der Waals surface area contributed by atoms with Gasteiger partial charge in [0.25, 0.3) is 0 Å². The van der Waals surface area contributed by atoms with Crippen LogP contribution in [0.15, 0.2) is 24.3 Å². The third-order valence-electron chi connectivity index (χ3n) is 2.35. The van der Waals surface area contributed by atoms with E-state index in [2.05, 4.69) is 11.0 Å². The zero-order valence-electron chi connectivity index (χ0n) is 8.98. The van der Waals surface area contributed by atoms with Crippen molar-refractivity contribution in [1.82, 2.24) is 4.90 Å². The zero-order valence-corrected chi connectivity index (χ0v) is 8.98. The molecule has 0 spiro atoms. The van der Waals surface area contributed by atoms with E-state index in [1.165, 1.54) is 5.56 Å². The van der Waals surface area contributed by atoms with Gasteiger partial charge in [-0.15, -0.1) is 0 Å². The quantitative estimate of drug-likeness (QED) is 0.740. The van der Waals surface area contributed by atoms with Crippen LogP contribution in [0.5, 0.6) is 0 Å². The number of nitrogens with zero attached hydrogens (tertiary/aromatic N) is 2. The molecule has 1 N–H and O–H groups in total. The lowest BCUT2D eigenvalue weighted by atomic mass is 10.1. The largest absolute Gasteiger partial charge is 0.392 e. The normalized spacial score (nSPS) is 10.3. The van der Waals surface area contributed by atoms with Gasteiger partial charge < -0.3 is 5.11 Å². The zero-order chi connectivity index (χ0) is 11.1. The van der Waals surface area contributed by atoms with E-state index in [4.69, 9.17) is 10.4 Å². The first kappa shape index (κ1) is 11.7. The Morgan fingerprint density at radius 1 is 1.27 bits per heavy atom. The van der Waals surface area contributed by atoms with Crippen LogP contribution in [0.2, 0.25) is 0 Å². The van der Waals surface area contributed by atoms with Crippen LogP contribution in [0, 0.1) is 11.3 Å². The van der Waals surface area contributed by atoms with Crippen molar-refractivity contribution in [3.63, 3.8) is 0 Å². The molecule has 0 aliphatic carbocycles. The first-order valence-electron chi connectivity index (χ1n) is 5.08. The average molecular weight is 204 g/mol. The summed E-state index contributed by atoms with van der Waals surface area (Å²) in [5.41, 5.74) is 2.09. The monoisotopic (exact) mass is 204 g/mol. The molecule has 15 heavy (non-hydrogen) atoms.